The van der Waals surface area contributed by atoms with Crippen LogP contribution in [-0.2, 0) is 6.54 Å². The lowest BCUT2D eigenvalue weighted by molar-refractivity contribution is 0.0325. The molecule has 2 heterocycles. The second-order valence-corrected chi connectivity index (χ2v) is 9.58. The third-order valence-electron chi connectivity index (χ3n) is 6.73. The summed E-state index contributed by atoms with van der Waals surface area (Å²) >= 11 is 0. The van der Waals surface area contributed by atoms with Crippen LogP contribution in [0.25, 0.3) is 11.1 Å². The van der Waals surface area contributed by atoms with E-state index in [4.69, 9.17) is 9.47 Å². The summed E-state index contributed by atoms with van der Waals surface area (Å²) in [5.74, 6) is 0.857. The van der Waals surface area contributed by atoms with Crippen molar-refractivity contribution >= 4 is 5.91 Å². The molecule has 0 aliphatic carbocycles. The molecule has 190 valence electrons. The zero-order valence-electron chi connectivity index (χ0n) is 21.4. The Bertz CT molecular complexity index is 1170. The Morgan fingerprint density at radius 1 is 1.17 bits per heavy atom. The Balaban J connectivity index is 1.68. The van der Waals surface area contributed by atoms with Gasteiger partial charge in [0.15, 0.2) is 0 Å². The molecule has 1 N–H and O–H groups in total. The van der Waals surface area contributed by atoms with Crippen molar-refractivity contribution in [2.75, 3.05) is 33.9 Å². The number of benzene rings is 2. The number of rotatable bonds is 8. The summed E-state index contributed by atoms with van der Waals surface area (Å²) in [7, 11) is 3.69. The van der Waals surface area contributed by atoms with Crippen LogP contribution in [0, 0.1) is 5.92 Å². The van der Waals surface area contributed by atoms with Crippen LogP contribution in [0.2, 0.25) is 0 Å². The number of ether oxygens (including phenoxy) is 2. The van der Waals surface area contributed by atoms with Crippen LogP contribution in [0.15, 0.2) is 66.9 Å². The van der Waals surface area contributed by atoms with E-state index in [1.807, 2.05) is 55.5 Å². The maximum atomic E-state index is 13.7. The van der Waals surface area contributed by atoms with E-state index in [2.05, 4.69) is 36.0 Å². The Hall–Kier alpha value is -3.42. The molecule has 1 amide bonds. The quantitative estimate of drug-likeness (QED) is 0.513. The average molecular weight is 490 g/mol. The number of fused-ring (bicyclic) bond motifs is 1. The summed E-state index contributed by atoms with van der Waals surface area (Å²) < 4.78 is 12.0. The average Bonchev–Trinajstić information content (AvgIpc) is 2.90. The molecule has 0 saturated heterocycles. The molecule has 0 spiro atoms. The van der Waals surface area contributed by atoms with Crippen LogP contribution in [0.3, 0.4) is 0 Å². The number of aromatic nitrogens is 1. The molecule has 0 bridgehead atoms. The molecule has 0 unspecified atom stereocenters. The standard InChI is InChI=1S/C29H35N3O4/c1-20-16-32(21(2)19-33)29(34)25-14-23(24-12-8-9-13-26(24)35-4)15-30-28(25)36-27(20)18-31(3)17-22-10-6-5-7-11-22/h5-15,20-21,27,33H,16-19H2,1-4H3/t20-,21-,27-/m0/s1. The summed E-state index contributed by atoms with van der Waals surface area (Å²) in [5, 5.41) is 9.91. The van der Waals surface area contributed by atoms with Crippen molar-refractivity contribution in [2.24, 2.45) is 5.92 Å². The molecule has 0 saturated carbocycles. The van der Waals surface area contributed by atoms with Crippen molar-refractivity contribution in [3.63, 3.8) is 0 Å². The number of nitrogens with zero attached hydrogens (tertiary/aromatic N) is 3. The highest BCUT2D eigenvalue weighted by molar-refractivity contribution is 5.98. The van der Waals surface area contributed by atoms with Gasteiger partial charge in [-0.15, -0.1) is 0 Å². The molecule has 1 aliphatic rings. The lowest BCUT2D eigenvalue weighted by Crippen LogP contribution is -2.49. The fourth-order valence-electron chi connectivity index (χ4n) is 4.62. The van der Waals surface area contributed by atoms with Crippen molar-refractivity contribution in [3.05, 3.63) is 78.0 Å². The van der Waals surface area contributed by atoms with Gasteiger partial charge >= 0.3 is 0 Å². The molecule has 3 aromatic rings. The number of carbonyl (C=O) groups excluding carboxylic acids is 1. The second kappa shape index (κ2) is 11.5. The monoisotopic (exact) mass is 489 g/mol. The third-order valence-corrected chi connectivity index (χ3v) is 6.73. The first-order valence-corrected chi connectivity index (χ1v) is 12.4. The zero-order valence-corrected chi connectivity index (χ0v) is 21.4. The third kappa shape index (κ3) is 5.69. The van der Waals surface area contributed by atoms with E-state index in [1.165, 1.54) is 5.56 Å². The summed E-state index contributed by atoms with van der Waals surface area (Å²) in [5.41, 5.74) is 3.23. The molecule has 0 fully saturated rings. The van der Waals surface area contributed by atoms with Crippen molar-refractivity contribution in [3.8, 4) is 22.8 Å². The number of amides is 1. The first-order chi connectivity index (χ1) is 17.4. The zero-order chi connectivity index (χ0) is 25.7. The van der Waals surface area contributed by atoms with Crippen molar-refractivity contribution in [1.82, 2.24) is 14.8 Å². The first-order valence-electron chi connectivity index (χ1n) is 12.4. The van der Waals surface area contributed by atoms with Gasteiger partial charge in [-0.05, 0) is 31.7 Å². The first kappa shape index (κ1) is 25.7. The van der Waals surface area contributed by atoms with Crippen LogP contribution in [-0.4, -0.2) is 71.8 Å². The van der Waals surface area contributed by atoms with Crippen molar-refractivity contribution < 1.29 is 19.4 Å². The summed E-state index contributed by atoms with van der Waals surface area (Å²) in [6, 6.07) is 19.4. The number of aliphatic hydroxyl groups excluding tert-OH is 1. The minimum Gasteiger partial charge on any atom is -0.496 e. The van der Waals surface area contributed by atoms with E-state index in [0.717, 1.165) is 17.7 Å². The highest BCUT2D eigenvalue weighted by Gasteiger charge is 2.34. The number of methoxy groups -OCH3 is 1. The number of hydrogen-bond acceptors (Lipinski definition) is 6. The number of para-hydroxylation sites is 1. The fraction of sp³-hybridized carbons (Fsp3) is 0.379. The van der Waals surface area contributed by atoms with Gasteiger partial charge in [-0.2, -0.15) is 0 Å². The molecule has 2 aromatic carbocycles. The molecule has 7 heteroatoms. The van der Waals surface area contributed by atoms with Gasteiger partial charge in [0, 0.05) is 42.9 Å². The van der Waals surface area contributed by atoms with Gasteiger partial charge in [0.1, 0.15) is 17.4 Å². The van der Waals surface area contributed by atoms with E-state index < -0.39 is 0 Å². The van der Waals surface area contributed by atoms with E-state index in [-0.39, 0.29) is 30.6 Å². The molecular formula is C29H35N3O4. The van der Waals surface area contributed by atoms with Gasteiger partial charge in [-0.1, -0.05) is 55.5 Å². The van der Waals surface area contributed by atoms with Crippen LogP contribution in [0.5, 0.6) is 11.6 Å². The van der Waals surface area contributed by atoms with Crippen LogP contribution < -0.4 is 9.47 Å². The lowest BCUT2D eigenvalue weighted by atomic mass is 9.99. The van der Waals surface area contributed by atoms with Gasteiger partial charge < -0.3 is 19.5 Å². The topological polar surface area (TPSA) is 75.1 Å². The molecular weight excluding hydrogens is 454 g/mol. The maximum Gasteiger partial charge on any atom is 0.259 e. The maximum absolute atomic E-state index is 13.7. The number of likely N-dealkylation sites (N-methyl/N-ethyl adjacent to an activating group) is 1. The van der Waals surface area contributed by atoms with E-state index >= 15 is 0 Å². The van der Waals surface area contributed by atoms with Crippen LogP contribution in [0.1, 0.15) is 29.8 Å². The van der Waals surface area contributed by atoms with Gasteiger partial charge in [0.25, 0.3) is 5.91 Å². The fourth-order valence-corrected chi connectivity index (χ4v) is 4.62. The Morgan fingerprint density at radius 2 is 1.89 bits per heavy atom. The minimum atomic E-state index is -0.330. The number of carbonyl (C=O) groups is 1. The number of pyridine rings is 1. The summed E-state index contributed by atoms with van der Waals surface area (Å²) in [4.78, 5) is 22.3. The molecule has 1 aliphatic heterocycles. The van der Waals surface area contributed by atoms with Crippen LogP contribution in [0.4, 0.5) is 0 Å². The molecule has 4 rings (SSSR count). The summed E-state index contributed by atoms with van der Waals surface area (Å²) in [6.45, 7) is 5.76. The highest BCUT2D eigenvalue weighted by atomic mass is 16.5. The SMILES string of the molecule is COc1ccccc1-c1cnc2c(c1)C(=O)N([C@@H](C)CO)C[C@H](C)[C@H](CN(C)Cc1ccccc1)O2. The van der Waals surface area contributed by atoms with Crippen LogP contribution >= 0.6 is 0 Å². The van der Waals surface area contributed by atoms with Gasteiger partial charge in [0.05, 0.1) is 19.8 Å². The molecule has 7 nitrogen and oxygen atoms in total. The van der Waals surface area contributed by atoms with Gasteiger partial charge in [-0.3, -0.25) is 9.69 Å². The Kier molecular flexibility index (Phi) is 8.23. The Morgan fingerprint density at radius 3 is 2.61 bits per heavy atom. The number of hydrogen-bond donors (Lipinski definition) is 1. The molecule has 3 atom stereocenters. The predicted octanol–water partition coefficient (Wildman–Crippen LogP) is 4.11. The lowest BCUT2D eigenvalue weighted by Gasteiger charge is -2.37. The largest absolute Gasteiger partial charge is 0.496 e. The van der Waals surface area contributed by atoms with Crippen molar-refractivity contribution in [1.29, 1.82) is 0 Å². The van der Waals surface area contributed by atoms with E-state index in [9.17, 15) is 9.90 Å². The van der Waals surface area contributed by atoms with Gasteiger partial charge in [-0.25, -0.2) is 4.98 Å². The normalized spacial score (nSPS) is 18.7. The second-order valence-electron chi connectivity index (χ2n) is 9.58. The van der Waals surface area contributed by atoms with E-state index in [1.54, 1.807) is 18.2 Å². The number of aliphatic hydroxyl groups is 1. The smallest absolute Gasteiger partial charge is 0.259 e. The highest BCUT2D eigenvalue weighted by Crippen LogP contribution is 2.34. The Labute approximate surface area is 213 Å². The predicted molar refractivity (Wildman–Crippen MR) is 140 cm³/mol. The van der Waals surface area contributed by atoms with Crippen molar-refractivity contribution in [2.45, 2.75) is 32.5 Å². The molecule has 1 aromatic heterocycles. The molecule has 0 radical (unpaired) electrons. The van der Waals surface area contributed by atoms with E-state index in [0.29, 0.717) is 30.3 Å². The molecule has 36 heavy (non-hydrogen) atoms. The summed E-state index contributed by atoms with van der Waals surface area (Å²) in [6.07, 6.45) is 1.53. The minimum absolute atomic E-state index is 0.0324. The van der Waals surface area contributed by atoms with Gasteiger partial charge in [0.2, 0.25) is 5.88 Å².